The van der Waals surface area contributed by atoms with E-state index < -0.39 is 0 Å². The molecule has 6 heteroatoms. The lowest BCUT2D eigenvalue weighted by atomic mass is 9.99. The van der Waals surface area contributed by atoms with Gasteiger partial charge in [0.2, 0.25) is 0 Å². The Hall–Kier alpha value is -1.95. The standard InChI is InChI=1S/C18H25N3O3/c1-13-5-8-21(9-6-13)18(23)16-11-14(4-7-19-16)17(22)20-12-15-3-2-10-24-15/h4,7,11,13,15H,2-3,5-6,8-10,12H2,1H3,(H,20,22). The maximum absolute atomic E-state index is 12.6. The molecule has 0 saturated carbocycles. The van der Waals surface area contributed by atoms with Gasteiger partial charge in [-0.05, 0) is 43.7 Å². The fourth-order valence-corrected chi connectivity index (χ4v) is 3.18. The summed E-state index contributed by atoms with van der Waals surface area (Å²) in [6.07, 6.45) is 5.70. The molecule has 0 aromatic carbocycles. The molecule has 1 N–H and O–H groups in total. The van der Waals surface area contributed by atoms with Crippen LogP contribution in [0.5, 0.6) is 0 Å². The van der Waals surface area contributed by atoms with Gasteiger partial charge in [0.15, 0.2) is 0 Å². The van der Waals surface area contributed by atoms with Gasteiger partial charge in [0, 0.05) is 38.0 Å². The lowest BCUT2D eigenvalue weighted by Crippen LogP contribution is -2.38. The van der Waals surface area contributed by atoms with Gasteiger partial charge in [0.05, 0.1) is 6.10 Å². The van der Waals surface area contributed by atoms with Gasteiger partial charge < -0.3 is 15.0 Å². The Bertz CT molecular complexity index is 591. The van der Waals surface area contributed by atoms with E-state index in [-0.39, 0.29) is 17.9 Å². The second-order valence-corrected chi connectivity index (χ2v) is 6.75. The van der Waals surface area contributed by atoms with E-state index in [2.05, 4.69) is 17.2 Å². The second-order valence-electron chi connectivity index (χ2n) is 6.75. The molecule has 2 aliphatic rings. The minimum atomic E-state index is -0.186. The normalized spacial score (nSPS) is 21.7. The highest BCUT2D eigenvalue weighted by atomic mass is 16.5. The Labute approximate surface area is 142 Å². The van der Waals surface area contributed by atoms with Crippen LogP contribution in [0.1, 0.15) is 53.5 Å². The van der Waals surface area contributed by atoms with E-state index in [0.29, 0.717) is 23.7 Å². The van der Waals surface area contributed by atoms with Gasteiger partial charge >= 0.3 is 0 Å². The Morgan fingerprint density at radius 3 is 2.83 bits per heavy atom. The number of hydrogen-bond donors (Lipinski definition) is 1. The average Bonchev–Trinajstić information content (AvgIpc) is 3.13. The molecule has 0 bridgehead atoms. The molecule has 6 nitrogen and oxygen atoms in total. The fraction of sp³-hybridized carbons (Fsp3) is 0.611. The molecule has 2 aliphatic heterocycles. The molecular weight excluding hydrogens is 306 g/mol. The average molecular weight is 331 g/mol. The lowest BCUT2D eigenvalue weighted by Gasteiger charge is -2.30. The Kier molecular flexibility index (Phi) is 5.45. The minimum absolute atomic E-state index is 0.0873. The van der Waals surface area contributed by atoms with Crippen molar-refractivity contribution in [3.8, 4) is 0 Å². The van der Waals surface area contributed by atoms with E-state index in [1.165, 1.54) is 6.20 Å². The van der Waals surface area contributed by atoms with E-state index in [1.54, 1.807) is 12.1 Å². The van der Waals surface area contributed by atoms with Crippen molar-refractivity contribution in [1.82, 2.24) is 15.2 Å². The SMILES string of the molecule is CC1CCN(C(=O)c2cc(C(=O)NCC3CCCO3)ccn2)CC1. The number of carbonyl (C=O) groups is 2. The molecule has 24 heavy (non-hydrogen) atoms. The van der Waals surface area contributed by atoms with Crippen molar-refractivity contribution in [2.45, 2.75) is 38.7 Å². The molecule has 2 amide bonds. The number of carbonyl (C=O) groups excluding carboxylic acids is 2. The third-order valence-corrected chi connectivity index (χ3v) is 4.83. The van der Waals surface area contributed by atoms with E-state index in [1.807, 2.05) is 4.90 Å². The summed E-state index contributed by atoms with van der Waals surface area (Å²) in [6, 6.07) is 3.23. The topological polar surface area (TPSA) is 71.5 Å². The highest BCUT2D eigenvalue weighted by Gasteiger charge is 2.23. The van der Waals surface area contributed by atoms with Crippen molar-refractivity contribution in [3.63, 3.8) is 0 Å². The van der Waals surface area contributed by atoms with Crippen LogP contribution in [0.25, 0.3) is 0 Å². The molecule has 2 fully saturated rings. The van der Waals surface area contributed by atoms with E-state index >= 15 is 0 Å². The number of nitrogens with zero attached hydrogens (tertiary/aromatic N) is 2. The Balaban J connectivity index is 1.60. The molecule has 2 saturated heterocycles. The molecule has 1 aromatic heterocycles. The third kappa shape index (κ3) is 4.12. The summed E-state index contributed by atoms with van der Waals surface area (Å²) in [7, 11) is 0. The van der Waals surface area contributed by atoms with Gasteiger partial charge in [-0.2, -0.15) is 0 Å². The van der Waals surface area contributed by atoms with Crippen molar-refractivity contribution < 1.29 is 14.3 Å². The van der Waals surface area contributed by atoms with Gasteiger partial charge in [-0.1, -0.05) is 6.92 Å². The van der Waals surface area contributed by atoms with E-state index in [0.717, 1.165) is 45.4 Å². The first-order valence-corrected chi connectivity index (χ1v) is 8.78. The molecule has 1 aromatic rings. The van der Waals surface area contributed by atoms with Crippen molar-refractivity contribution in [1.29, 1.82) is 0 Å². The molecule has 3 rings (SSSR count). The molecule has 1 atom stereocenters. The van der Waals surface area contributed by atoms with Gasteiger partial charge in [-0.25, -0.2) is 0 Å². The molecule has 0 aliphatic carbocycles. The maximum Gasteiger partial charge on any atom is 0.272 e. The van der Waals surface area contributed by atoms with Crippen molar-refractivity contribution in [2.75, 3.05) is 26.2 Å². The van der Waals surface area contributed by atoms with Gasteiger partial charge in [0.25, 0.3) is 11.8 Å². The summed E-state index contributed by atoms with van der Waals surface area (Å²) >= 11 is 0. The summed E-state index contributed by atoms with van der Waals surface area (Å²) in [5.41, 5.74) is 0.811. The van der Waals surface area contributed by atoms with Crippen LogP contribution in [-0.2, 0) is 4.74 Å². The number of aromatic nitrogens is 1. The third-order valence-electron chi connectivity index (χ3n) is 4.83. The predicted molar refractivity (Wildman–Crippen MR) is 89.8 cm³/mol. The number of pyridine rings is 1. The number of rotatable bonds is 4. The molecule has 0 spiro atoms. The maximum atomic E-state index is 12.6. The number of amides is 2. The molecular formula is C18H25N3O3. The summed E-state index contributed by atoms with van der Waals surface area (Å²) < 4.78 is 5.50. The van der Waals surface area contributed by atoms with Crippen molar-refractivity contribution in [3.05, 3.63) is 29.6 Å². The highest BCUT2D eigenvalue weighted by Crippen LogP contribution is 2.18. The first-order valence-electron chi connectivity index (χ1n) is 8.78. The number of nitrogens with one attached hydrogen (secondary N) is 1. The lowest BCUT2D eigenvalue weighted by molar-refractivity contribution is 0.0691. The zero-order valence-corrected chi connectivity index (χ0v) is 14.2. The monoisotopic (exact) mass is 331 g/mol. The predicted octanol–water partition coefficient (Wildman–Crippen LogP) is 1.86. The van der Waals surface area contributed by atoms with Crippen LogP contribution in [0, 0.1) is 5.92 Å². The van der Waals surface area contributed by atoms with Crippen LogP contribution in [0.15, 0.2) is 18.3 Å². The quantitative estimate of drug-likeness (QED) is 0.914. The van der Waals surface area contributed by atoms with Crippen LogP contribution in [0.4, 0.5) is 0 Å². The number of ether oxygens (including phenoxy) is 1. The van der Waals surface area contributed by atoms with Crippen LogP contribution in [-0.4, -0.2) is 54.0 Å². The number of hydrogen-bond acceptors (Lipinski definition) is 4. The van der Waals surface area contributed by atoms with Crippen LogP contribution < -0.4 is 5.32 Å². The largest absolute Gasteiger partial charge is 0.376 e. The van der Waals surface area contributed by atoms with E-state index in [4.69, 9.17) is 4.74 Å². The molecule has 1 unspecified atom stereocenters. The van der Waals surface area contributed by atoms with Crippen molar-refractivity contribution >= 4 is 11.8 Å². The molecule has 0 radical (unpaired) electrons. The Morgan fingerprint density at radius 1 is 1.33 bits per heavy atom. The zero-order valence-electron chi connectivity index (χ0n) is 14.2. The van der Waals surface area contributed by atoms with Gasteiger partial charge in [-0.15, -0.1) is 0 Å². The Morgan fingerprint density at radius 2 is 2.12 bits per heavy atom. The minimum Gasteiger partial charge on any atom is -0.376 e. The number of likely N-dealkylation sites (tertiary alicyclic amines) is 1. The summed E-state index contributed by atoms with van der Waals surface area (Å²) in [4.78, 5) is 30.8. The number of piperidine rings is 1. The van der Waals surface area contributed by atoms with Crippen molar-refractivity contribution in [2.24, 2.45) is 5.92 Å². The van der Waals surface area contributed by atoms with Gasteiger partial charge in [-0.3, -0.25) is 14.6 Å². The van der Waals surface area contributed by atoms with Gasteiger partial charge in [0.1, 0.15) is 5.69 Å². The summed E-state index contributed by atoms with van der Waals surface area (Å²) in [5, 5.41) is 2.88. The smallest absolute Gasteiger partial charge is 0.272 e. The van der Waals surface area contributed by atoms with Crippen LogP contribution >= 0.6 is 0 Å². The van der Waals surface area contributed by atoms with E-state index in [9.17, 15) is 9.59 Å². The molecule has 3 heterocycles. The highest BCUT2D eigenvalue weighted by molar-refractivity contribution is 5.98. The first kappa shape index (κ1) is 16.9. The summed E-state index contributed by atoms with van der Waals surface area (Å²) in [5.74, 6) is 0.391. The zero-order chi connectivity index (χ0) is 16.9. The first-order chi connectivity index (χ1) is 11.6. The summed E-state index contributed by atoms with van der Waals surface area (Å²) in [6.45, 7) is 5.00. The van der Waals surface area contributed by atoms with Crippen LogP contribution in [0.3, 0.4) is 0 Å². The second kappa shape index (κ2) is 7.75. The fourth-order valence-electron chi connectivity index (χ4n) is 3.18. The van der Waals surface area contributed by atoms with Crippen LogP contribution in [0.2, 0.25) is 0 Å². The molecule has 130 valence electrons.